The summed E-state index contributed by atoms with van der Waals surface area (Å²) in [6, 6.07) is 15.5. The third-order valence-electron chi connectivity index (χ3n) is 3.00. The van der Waals surface area contributed by atoms with Gasteiger partial charge in [-0.3, -0.25) is 0 Å². The SMILES string of the molecule is ON=C1COc2cc(OCc3ccccc3)ccc21. The van der Waals surface area contributed by atoms with Gasteiger partial charge in [-0.2, -0.15) is 0 Å². The summed E-state index contributed by atoms with van der Waals surface area (Å²) in [6.45, 7) is 0.814. The molecule has 0 atom stereocenters. The lowest BCUT2D eigenvalue weighted by Crippen LogP contribution is -2.01. The summed E-state index contributed by atoms with van der Waals surface area (Å²) < 4.78 is 11.1. The molecule has 3 rings (SSSR count). The van der Waals surface area contributed by atoms with E-state index in [2.05, 4.69) is 5.16 Å². The van der Waals surface area contributed by atoms with E-state index >= 15 is 0 Å². The van der Waals surface area contributed by atoms with E-state index in [0.29, 0.717) is 24.7 Å². The Morgan fingerprint density at radius 2 is 2.00 bits per heavy atom. The van der Waals surface area contributed by atoms with Crippen LogP contribution in [-0.2, 0) is 6.61 Å². The second kappa shape index (κ2) is 5.02. The molecule has 0 radical (unpaired) electrons. The molecule has 1 N–H and O–H groups in total. The number of ether oxygens (including phenoxy) is 2. The van der Waals surface area contributed by atoms with Crippen molar-refractivity contribution in [2.45, 2.75) is 6.61 Å². The van der Waals surface area contributed by atoms with Crippen molar-refractivity contribution in [1.82, 2.24) is 0 Å². The molecule has 0 aliphatic carbocycles. The minimum Gasteiger partial charge on any atom is -0.489 e. The molecular weight excluding hydrogens is 242 g/mol. The largest absolute Gasteiger partial charge is 0.489 e. The van der Waals surface area contributed by atoms with Crippen LogP contribution in [0, 0.1) is 0 Å². The Bertz CT molecular complexity index is 608. The highest BCUT2D eigenvalue weighted by Gasteiger charge is 2.20. The normalized spacial score (nSPS) is 15.1. The first-order valence-electron chi connectivity index (χ1n) is 6.02. The van der Waals surface area contributed by atoms with Crippen LogP contribution < -0.4 is 9.47 Å². The zero-order chi connectivity index (χ0) is 13.1. The van der Waals surface area contributed by atoms with Crippen LogP contribution in [0.1, 0.15) is 11.1 Å². The van der Waals surface area contributed by atoms with Crippen molar-refractivity contribution in [2.75, 3.05) is 6.61 Å². The van der Waals surface area contributed by atoms with Gasteiger partial charge in [-0.25, -0.2) is 0 Å². The lowest BCUT2D eigenvalue weighted by atomic mass is 10.1. The van der Waals surface area contributed by atoms with Crippen molar-refractivity contribution >= 4 is 5.71 Å². The van der Waals surface area contributed by atoms with E-state index in [-0.39, 0.29) is 0 Å². The molecule has 0 bridgehead atoms. The summed E-state index contributed by atoms with van der Waals surface area (Å²) in [7, 11) is 0. The molecule has 4 nitrogen and oxygen atoms in total. The fraction of sp³-hybridized carbons (Fsp3) is 0.133. The molecular formula is C15H13NO3. The number of nitrogens with zero attached hydrogens (tertiary/aromatic N) is 1. The highest BCUT2D eigenvalue weighted by Crippen LogP contribution is 2.30. The molecule has 1 aliphatic rings. The molecule has 0 saturated heterocycles. The Morgan fingerprint density at radius 3 is 2.79 bits per heavy atom. The number of hydrogen-bond donors (Lipinski definition) is 1. The van der Waals surface area contributed by atoms with Gasteiger partial charge in [-0.1, -0.05) is 35.5 Å². The molecule has 19 heavy (non-hydrogen) atoms. The fourth-order valence-corrected chi connectivity index (χ4v) is 2.00. The number of oxime groups is 1. The molecule has 96 valence electrons. The molecule has 0 fully saturated rings. The standard InChI is InChI=1S/C15H13NO3/c17-16-14-10-19-15-8-12(6-7-13(14)15)18-9-11-4-2-1-3-5-11/h1-8,17H,9-10H2. The van der Waals surface area contributed by atoms with Crippen LogP contribution >= 0.6 is 0 Å². The van der Waals surface area contributed by atoms with E-state index in [1.165, 1.54) is 0 Å². The third-order valence-corrected chi connectivity index (χ3v) is 3.00. The second-order valence-electron chi connectivity index (χ2n) is 4.27. The highest BCUT2D eigenvalue weighted by atomic mass is 16.5. The predicted octanol–water partition coefficient (Wildman–Crippen LogP) is 2.84. The van der Waals surface area contributed by atoms with Crippen molar-refractivity contribution in [3.8, 4) is 11.5 Å². The molecule has 2 aromatic carbocycles. The maximum absolute atomic E-state index is 8.81. The lowest BCUT2D eigenvalue weighted by molar-refractivity contribution is 0.302. The van der Waals surface area contributed by atoms with Gasteiger partial charge in [0.1, 0.15) is 30.4 Å². The molecule has 2 aromatic rings. The van der Waals surface area contributed by atoms with Gasteiger partial charge in [0, 0.05) is 11.6 Å². The van der Waals surface area contributed by atoms with Crippen molar-refractivity contribution in [3.05, 3.63) is 59.7 Å². The summed E-state index contributed by atoms with van der Waals surface area (Å²) in [5, 5.41) is 12.0. The average molecular weight is 255 g/mol. The zero-order valence-electron chi connectivity index (χ0n) is 10.2. The van der Waals surface area contributed by atoms with Crippen LogP contribution in [-0.4, -0.2) is 17.5 Å². The molecule has 4 heteroatoms. The molecule has 0 spiro atoms. The van der Waals surface area contributed by atoms with Gasteiger partial charge < -0.3 is 14.7 Å². The monoisotopic (exact) mass is 255 g/mol. The van der Waals surface area contributed by atoms with Gasteiger partial charge in [-0.15, -0.1) is 0 Å². The maximum atomic E-state index is 8.81. The van der Waals surface area contributed by atoms with Crippen LogP contribution in [0.25, 0.3) is 0 Å². The lowest BCUT2D eigenvalue weighted by Gasteiger charge is -2.07. The maximum Gasteiger partial charge on any atom is 0.134 e. The second-order valence-corrected chi connectivity index (χ2v) is 4.27. The van der Waals surface area contributed by atoms with Gasteiger partial charge in [0.05, 0.1) is 0 Å². The van der Waals surface area contributed by atoms with E-state index in [9.17, 15) is 0 Å². The Labute approximate surface area is 110 Å². The Hall–Kier alpha value is -2.49. The van der Waals surface area contributed by atoms with Gasteiger partial charge in [0.25, 0.3) is 0 Å². The van der Waals surface area contributed by atoms with Crippen LogP contribution in [0.3, 0.4) is 0 Å². The summed E-state index contributed by atoms with van der Waals surface area (Å²) in [6.07, 6.45) is 0. The van der Waals surface area contributed by atoms with Gasteiger partial charge in [0.15, 0.2) is 0 Å². The smallest absolute Gasteiger partial charge is 0.134 e. The first kappa shape index (κ1) is 11.6. The molecule has 0 unspecified atom stereocenters. The van der Waals surface area contributed by atoms with Crippen LogP contribution in [0.2, 0.25) is 0 Å². The van der Waals surface area contributed by atoms with E-state index < -0.39 is 0 Å². The van der Waals surface area contributed by atoms with E-state index in [0.717, 1.165) is 16.9 Å². The quantitative estimate of drug-likeness (QED) is 0.677. The minimum atomic E-state index is 0.300. The van der Waals surface area contributed by atoms with Crippen molar-refractivity contribution in [3.63, 3.8) is 0 Å². The van der Waals surface area contributed by atoms with E-state index in [1.807, 2.05) is 48.5 Å². The number of rotatable bonds is 3. The zero-order valence-corrected chi connectivity index (χ0v) is 10.2. The molecule has 0 saturated carbocycles. The van der Waals surface area contributed by atoms with Crippen molar-refractivity contribution < 1.29 is 14.7 Å². The summed E-state index contributed by atoms with van der Waals surface area (Å²) in [5.41, 5.74) is 2.47. The first-order chi connectivity index (χ1) is 9.36. The topological polar surface area (TPSA) is 51.1 Å². The van der Waals surface area contributed by atoms with Crippen LogP contribution in [0.4, 0.5) is 0 Å². The van der Waals surface area contributed by atoms with E-state index in [1.54, 1.807) is 0 Å². The summed E-state index contributed by atoms with van der Waals surface area (Å²) >= 11 is 0. The number of benzene rings is 2. The van der Waals surface area contributed by atoms with Crippen molar-refractivity contribution in [2.24, 2.45) is 5.16 Å². The van der Waals surface area contributed by atoms with Gasteiger partial charge in [0.2, 0.25) is 0 Å². The Balaban J connectivity index is 1.74. The summed E-state index contributed by atoms with van der Waals surface area (Å²) in [5.74, 6) is 1.43. The number of fused-ring (bicyclic) bond motifs is 1. The van der Waals surface area contributed by atoms with Crippen LogP contribution in [0.5, 0.6) is 11.5 Å². The average Bonchev–Trinajstić information content (AvgIpc) is 2.88. The third kappa shape index (κ3) is 2.38. The van der Waals surface area contributed by atoms with Crippen LogP contribution in [0.15, 0.2) is 53.7 Å². The Kier molecular flexibility index (Phi) is 3.06. The first-order valence-corrected chi connectivity index (χ1v) is 6.02. The van der Waals surface area contributed by atoms with Gasteiger partial charge in [-0.05, 0) is 17.7 Å². The molecule has 0 amide bonds. The summed E-state index contributed by atoms with van der Waals surface area (Å²) in [4.78, 5) is 0. The Morgan fingerprint density at radius 1 is 1.16 bits per heavy atom. The molecule has 1 aliphatic heterocycles. The number of hydrogen-bond acceptors (Lipinski definition) is 4. The molecule has 0 aromatic heterocycles. The van der Waals surface area contributed by atoms with E-state index in [4.69, 9.17) is 14.7 Å². The van der Waals surface area contributed by atoms with Gasteiger partial charge >= 0.3 is 0 Å². The van der Waals surface area contributed by atoms with Crippen molar-refractivity contribution in [1.29, 1.82) is 0 Å². The fourth-order valence-electron chi connectivity index (χ4n) is 2.00. The highest BCUT2D eigenvalue weighted by molar-refractivity contribution is 6.05. The molecule has 1 heterocycles. The predicted molar refractivity (Wildman–Crippen MR) is 71.0 cm³/mol. The minimum absolute atomic E-state index is 0.300.